The minimum atomic E-state index is -0.465. The molecule has 0 bridgehead atoms. The van der Waals surface area contributed by atoms with Gasteiger partial charge in [-0.3, -0.25) is 5.43 Å². The summed E-state index contributed by atoms with van der Waals surface area (Å²) < 4.78 is 23.6. The molecule has 0 radical (unpaired) electrons. The molecule has 3 aromatic rings. The first-order valence-corrected chi connectivity index (χ1v) is 8.15. The minimum Gasteiger partial charge on any atom is -0.493 e. The quantitative estimate of drug-likeness (QED) is 0.303. The number of benzene rings is 3. The molecule has 0 unspecified atom stereocenters. The van der Waals surface area contributed by atoms with E-state index in [9.17, 15) is 9.18 Å². The number of methoxy groups -OCH3 is 1. The summed E-state index contributed by atoms with van der Waals surface area (Å²) >= 11 is 0. The summed E-state index contributed by atoms with van der Waals surface area (Å²) in [6.07, 6.45) is 1.58. The van der Waals surface area contributed by atoms with E-state index in [1.807, 2.05) is 6.07 Å². The molecule has 3 rings (SSSR count). The monoisotopic (exact) mass is 364 g/mol. The van der Waals surface area contributed by atoms with Crippen molar-refractivity contribution in [3.8, 4) is 11.5 Å². The minimum absolute atomic E-state index is 0.310. The molecule has 0 aliphatic carbocycles. The normalized spacial score (nSPS) is 10.6. The van der Waals surface area contributed by atoms with Gasteiger partial charge in [0.15, 0.2) is 11.5 Å². The van der Waals surface area contributed by atoms with Crippen LogP contribution in [0.25, 0.3) is 0 Å². The Morgan fingerprint density at radius 2 is 1.74 bits per heavy atom. The van der Waals surface area contributed by atoms with E-state index in [1.165, 1.54) is 19.2 Å². The maximum atomic E-state index is 12.9. The fourth-order valence-electron chi connectivity index (χ4n) is 2.29. The Morgan fingerprint density at radius 3 is 2.44 bits per heavy atom. The largest absolute Gasteiger partial charge is 0.493 e. The van der Waals surface area contributed by atoms with Crippen LogP contribution in [0.1, 0.15) is 15.9 Å². The highest BCUT2D eigenvalue weighted by Crippen LogP contribution is 2.28. The number of carbonyl (C=O) groups excluding carboxylic acids is 1. The molecular formula is C21H17FN2O3. The van der Waals surface area contributed by atoms with Gasteiger partial charge in [-0.1, -0.05) is 18.2 Å². The Kier molecular flexibility index (Phi) is 5.79. The Balaban J connectivity index is 1.69. The van der Waals surface area contributed by atoms with Gasteiger partial charge in [-0.05, 0) is 60.2 Å². The zero-order valence-electron chi connectivity index (χ0n) is 14.6. The van der Waals surface area contributed by atoms with E-state index in [0.717, 1.165) is 5.56 Å². The van der Waals surface area contributed by atoms with Gasteiger partial charge < -0.3 is 9.47 Å². The van der Waals surface area contributed by atoms with Crippen LogP contribution in [0.2, 0.25) is 0 Å². The third kappa shape index (κ3) is 4.92. The number of esters is 1. The molecule has 27 heavy (non-hydrogen) atoms. The van der Waals surface area contributed by atoms with Crippen molar-refractivity contribution < 1.29 is 18.7 Å². The van der Waals surface area contributed by atoms with E-state index in [-0.39, 0.29) is 5.82 Å². The first-order chi connectivity index (χ1) is 13.2. The van der Waals surface area contributed by atoms with Crippen molar-refractivity contribution in [1.82, 2.24) is 0 Å². The van der Waals surface area contributed by atoms with Crippen LogP contribution < -0.4 is 14.9 Å². The number of hydrazone groups is 1. The van der Waals surface area contributed by atoms with Crippen molar-refractivity contribution in [2.75, 3.05) is 12.5 Å². The SMILES string of the molecule is COc1cc(C=NNc2ccc(F)cc2)ccc1OC(=O)c1ccccc1. The number of hydrogen-bond acceptors (Lipinski definition) is 5. The summed E-state index contributed by atoms with van der Waals surface area (Å²) in [6.45, 7) is 0. The Morgan fingerprint density at radius 1 is 1.00 bits per heavy atom. The van der Waals surface area contributed by atoms with Gasteiger partial charge in [-0.15, -0.1) is 0 Å². The molecule has 0 spiro atoms. The van der Waals surface area contributed by atoms with E-state index in [2.05, 4.69) is 10.5 Å². The fourth-order valence-corrected chi connectivity index (χ4v) is 2.29. The third-order valence-corrected chi connectivity index (χ3v) is 3.65. The van der Waals surface area contributed by atoms with Crippen LogP contribution in [0.4, 0.5) is 10.1 Å². The van der Waals surface area contributed by atoms with Gasteiger partial charge >= 0.3 is 5.97 Å². The zero-order chi connectivity index (χ0) is 19.1. The van der Waals surface area contributed by atoms with Crippen LogP contribution in [0.5, 0.6) is 11.5 Å². The molecule has 136 valence electrons. The summed E-state index contributed by atoms with van der Waals surface area (Å²) in [4.78, 5) is 12.2. The van der Waals surface area contributed by atoms with Crippen LogP contribution in [0.3, 0.4) is 0 Å². The molecule has 0 amide bonds. The summed E-state index contributed by atoms with van der Waals surface area (Å²) in [7, 11) is 1.49. The summed E-state index contributed by atoms with van der Waals surface area (Å²) in [5.74, 6) is -0.0526. The lowest BCUT2D eigenvalue weighted by Crippen LogP contribution is -2.09. The second-order valence-corrected chi connectivity index (χ2v) is 5.54. The predicted molar refractivity (Wildman–Crippen MR) is 102 cm³/mol. The van der Waals surface area contributed by atoms with Gasteiger partial charge in [0.25, 0.3) is 0 Å². The lowest BCUT2D eigenvalue weighted by atomic mass is 10.2. The molecule has 6 heteroatoms. The topological polar surface area (TPSA) is 59.9 Å². The average molecular weight is 364 g/mol. The van der Waals surface area contributed by atoms with Gasteiger partial charge in [-0.2, -0.15) is 5.10 Å². The number of rotatable bonds is 6. The van der Waals surface area contributed by atoms with Gasteiger partial charge in [0.2, 0.25) is 0 Å². The first-order valence-electron chi connectivity index (χ1n) is 8.15. The van der Waals surface area contributed by atoms with Crippen LogP contribution in [-0.4, -0.2) is 19.3 Å². The highest BCUT2D eigenvalue weighted by molar-refractivity contribution is 5.91. The summed E-state index contributed by atoms with van der Waals surface area (Å²) in [6, 6.07) is 19.6. The molecular weight excluding hydrogens is 347 g/mol. The van der Waals surface area contributed by atoms with Crippen molar-refractivity contribution >= 4 is 17.9 Å². The maximum Gasteiger partial charge on any atom is 0.343 e. The molecule has 3 aromatic carbocycles. The van der Waals surface area contributed by atoms with Crippen LogP contribution in [0.15, 0.2) is 77.9 Å². The second kappa shape index (κ2) is 8.62. The highest BCUT2D eigenvalue weighted by atomic mass is 19.1. The fraction of sp³-hybridized carbons (Fsp3) is 0.0476. The van der Waals surface area contributed by atoms with Gasteiger partial charge in [0.1, 0.15) is 5.82 Å². The number of nitrogens with zero attached hydrogens (tertiary/aromatic N) is 1. The van der Waals surface area contributed by atoms with E-state index in [0.29, 0.717) is 22.7 Å². The van der Waals surface area contributed by atoms with Crippen molar-refractivity contribution in [2.45, 2.75) is 0 Å². The number of hydrogen-bond donors (Lipinski definition) is 1. The average Bonchev–Trinajstić information content (AvgIpc) is 2.71. The lowest BCUT2D eigenvalue weighted by molar-refractivity contribution is 0.0729. The molecule has 0 fully saturated rings. The Labute approximate surface area is 156 Å². The van der Waals surface area contributed by atoms with E-state index >= 15 is 0 Å². The van der Waals surface area contributed by atoms with Crippen molar-refractivity contribution in [2.24, 2.45) is 5.10 Å². The highest BCUT2D eigenvalue weighted by Gasteiger charge is 2.12. The number of carbonyl (C=O) groups is 1. The zero-order valence-corrected chi connectivity index (χ0v) is 14.6. The van der Waals surface area contributed by atoms with Crippen molar-refractivity contribution in [1.29, 1.82) is 0 Å². The number of anilines is 1. The number of nitrogens with one attached hydrogen (secondary N) is 1. The van der Waals surface area contributed by atoms with Gasteiger partial charge in [0.05, 0.1) is 24.6 Å². The molecule has 0 aliphatic rings. The van der Waals surface area contributed by atoms with Crippen LogP contribution in [0, 0.1) is 5.82 Å². The number of halogens is 1. The predicted octanol–water partition coefficient (Wildman–Crippen LogP) is 4.50. The maximum absolute atomic E-state index is 12.9. The summed E-state index contributed by atoms with van der Waals surface area (Å²) in [5.41, 5.74) is 4.65. The third-order valence-electron chi connectivity index (χ3n) is 3.65. The molecule has 5 nitrogen and oxygen atoms in total. The molecule has 0 saturated carbocycles. The molecule has 0 aliphatic heterocycles. The lowest BCUT2D eigenvalue weighted by Gasteiger charge is -2.10. The molecule has 0 saturated heterocycles. The second-order valence-electron chi connectivity index (χ2n) is 5.54. The smallest absolute Gasteiger partial charge is 0.343 e. The molecule has 0 heterocycles. The number of ether oxygens (including phenoxy) is 2. The molecule has 0 aromatic heterocycles. The Bertz CT molecular complexity index is 941. The summed E-state index contributed by atoms with van der Waals surface area (Å²) in [5, 5.41) is 4.09. The molecule has 0 atom stereocenters. The van der Waals surface area contributed by atoms with E-state index in [1.54, 1.807) is 60.8 Å². The standard InChI is InChI=1S/C21H17FN2O3/c1-26-20-13-15(14-23-24-18-10-8-17(22)9-11-18)7-12-19(20)27-21(25)16-5-3-2-4-6-16/h2-14,24H,1H3. The van der Waals surface area contributed by atoms with Crippen molar-refractivity contribution in [3.63, 3.8) is 0 Å². The van der Waals surface area contributed by atoms with Crippen LogP contribution >= 0.6 is 0 Å². The Hall–Kier alpha value is -3.67. The van der Waals surface area contributed by atoms with E-state index in [4.69, 9.17) is 9.47 Å². The molecule has 1 N–H and O–H groups in total. The van der Waals surface area contributed by atoms with Gasteiger partial charge in [0, 0.05) is 0 Å². The van der Waals surface area contributed by atoms with Crippen LogP contribution in [-0.2, 0) is 0 Å². The van der Waals surface area contributed by atoms with E-state index < -0.39 is 5.97 Å². The van der Waals surface area contributed by atoms with Crippen molar-refractivity contribution in [3.05, 3.63) is 89.7 Å². The first kappa shape index (κ1) is 18.1. The van der Waals surface area contributed by atoms with Gasteiger partial charge in [-0.25, -0.2) is 9.18 Å².